The Labute approximate surface area is 126 Å². The van der Waals surface area contributed by atoms with Crippen LogP contribution in [0.1, 0.15) is 11.1 Å². The highest BCUT2D eigenvalue weighted by atomic mass is 32.2. The molecule has 2 aromatic rings. The molecule has 0 radical (unpaired) electrons. The largest absolute Gasteiger partial charge is 0.381 e. The highest BCUT2D eigenvalue weighted by Crippen LogP contribution is 2.20. The van der Waals surface area contributed by atoms with Gasteiger partial charge in [-0.05, 0) is 42.0 Å². The molecule has 0 spiro atoms. The van der Waals surface area contributed by atoms with Gasteiger partial charge in [0.15, 0.2) is 0 Å². The minimum atomic E-state index is -4.56. The van der Waals surface area contributed by atoms with Gasteiger partial charge in [0.25, 0.3) is 0 Å². The third-order valence-electron chi connectivity index (χ3n) is 3.00. The van der Waals surface area contributed by atoms with Crippen molar-refractivity contribution in [1.29, 1.82) is 5.26 Å². The zero-order chi connectivity index (χ0) is 16.2. The molecule has 0 aliphatic heterocycles. The van der Waals surface area contributed by atoms with Crippen LogP contribution < -0.4 is 5.32 Å². The number of nitrogens with zero attached hydrogens (tertiary/aromatic N) is 1. The fraction of sp³-hybridized carbons (Fsp3) is 0.133. The summed E-state index contributed by atoms with van der Waals surface area (Å²) in [5, 5.41) is 11.7. The molecular weight excluding hydrogens is 310 g/mol. The molecule has 0 saturated heterocycles. The molecule has 0 bridgehead atoms. The van der Waals surface area contributed by atoms with Crippen LogP contribution in [-0.4, -0.2) is 14.2 Å². The summed E-state index contributed by atoms with van der Waals surface area (Å²) in [7, 11) is -4.56. The minimum Gasteiger partial charge on any atom is -0.381 e. The molecule has 0 aliphatic rings. The summed E-state index contributed by atoms with van der Waals surface area (Å²) in [6.07, 6.45) is 0. The molecule has 4 nitrogen and oxygen atoms in total. The van der Waals surface area contributed by atoms with Gasteiger partial charge < -0.3 is 5.32 Å². The predicted molar refractivity (Wildman–Crippen MR) is 78.1 cm³/mol. The number of rotatable bonds is 5. The summed E-state index contributed by atoms with van der Waals surface area (Å²) in [5.74, 6) is -3.43. The second-order valence-corrected chi connectivity index (χ2v) is 6.41. The summed E-state index contributed by atoms with van der Waals surface area (Å²) in [5.41, 5.74) is 2.10. The first-order valence-corrected chi connectivity index (χ1v) is 7.83. The van der Waals surface area contributed by atoms with Gasteiger partial charge >= 0.3 is 5.76 Å². The van der Waals surface area contributed by atoms with Crippen LogP contribution in [0.15, 0.2) is 53.4 Å². The highest BCUT2D eigenvalue weighted by Gasteiger charge is 2.26. The molecule has 0 atom stereocenters. The lowest BCUT2D eigenvalue weighted by atomic mass is 10.1. The average molecular weight is 322 g/mol. The van der Waals surface area contributed by atoms with Crippen molar-refractivity contribution in [3.8, 4) is 6.07 Å². The fourth-order valence-corrected chi connectivity index (χ4v) is 2.49. The van der Waals surface area contributed by atoms with E-state index in [9.17, 15) is 17.2 Å². The molecule has 0 unspecified atom stereocenters. The van der Waals surface area contributed by atoms with Crippen molar-refractivity contribution in [3.05, 3.63) is 59.7 Å². The summed E-state index contributed by atoms with van der Waals surface area (Å²) < 4.78 is 47.4. The molecular formula is C15H12F2N2O2S. The van der Waals surface area contributed by atoms with Gasteiger partial charge in [-0.25, -0.2) is 8.42 Å². The molecule has 114 valence electrons. The van der Waals surface area contributed by atoms with Gasteiger partial charge in [-0.1, -0.05) is 12.1 Å². The maximum atomic E-state index is 12.4. The van der Waals surface area contributed by atoms with Crippen LogP contribution >= 0.6 is 0 Å². The molecule has 0 heterocycles. The number of nitriles is 1. The molecule has 0 amide bonds. The van der Waals surface area contributed by atoms with E-state index in [-0.39, 0.29) is 0 Å². The Morgan fingerprint density at radius 3 is 2.14 bits per heavy atom. The van der Waals surface area contributed by atoms with Crippen molar-refractivity contribution in [3.63, 3.8) is 0 Å². The number of nitrogens with one attached hydrogen (secondary N) is 1. The van der Waals surface area contributed by atoms with Crippen LogP contribution in [0, 0.1) is 11.3 Å². The molecule has 0 aromatic heterocycles. The Balaban J connectivity index is 2.04. The third kappa shape index (κ3) is 3.59. The number of halogens is 2. The fourth-order valence-electron chi connectivity index (χ4n) is 1.77. The Kier molecular flexibility index (Phi) is 4.73. The molecule has 0 aliphatic carbocycles. The lowest BCUT2D eigenvalue weighted by Crippen LogP contribution is -2.11. The van der Waals surface area contributed by atoms with Crippen molar-refractivity contribution in [2.24, 2.45) is 0 Å². The zero-order valence-electron chi connectivity index (χ0n) is 11.3. The van der Waals surface area contributed by atoms with Crippen LogP contribution in [0.5, 0.6) is 0 Å². The first-order chi connectivity index (χ1) is 10.4. The monoisotopic (exact) mass is 322 g/mol. The van der Waals surface area contributed by atoms with E-state index >= 15 is 0 Å². The van der Waals surface area contributed by atoms with Gasteiger partial charge in [0.2, 0.25) is 9.84 Å². The summed E-state index contributed by atoms with van der Waals surface area (Å²) in [4.78, 5) is -0.411. The molecule has 2 rings (SSSR count). The Morgan fingerprint density at radius 2 is 1.64 bits per heavy atom. The first kappa shape index (κ1) is 15.9. The topological polar surface area (TPSA) is 70.0 Å². The Hall–Kier alpha value is -2.46. The summed E-state index contributed by atoms with van der Waals surface area (Å²) in [6, 6.07) is 14.1. The first-order valence-electron chi connectivity index (χ1n) is 6.28. The maximum Gasteiger partial charge on any atom is 0.341 e. The normalized spacial score (nSPS) is 11.2. The number of hydrogen-bond acceptors (Lipinski definition) is 4. The Morgan fingerprint density at radius 1 is 1.05 bits per heavy atom. The van der Waals surface area contributed by atoms with Gasteiger partial charge in [-0.3, -0.25) is 0 Å². The van der Waals surface area contributed by atoms with E-state index < -0.39 is 20.5 Å². The second kappa shape index (κ2) is 6.54. The van der Waals surface area contributed by atoms with E-state index in [1.165, 1.54) is 12.1 Å². The van der Waals surface area contributed by atoms with E-state index in [4.69, 9.17) is 5.26 Å². The molecule has 0 saturated carbocycles. The third-order valence-corrected chi connectivity index (χ3v) is 4.40. The van der Waals surface area contributed by atoms with Gasteiger partial charge in [0.1, 0.15) is 0 Å². The van der Waals surface area contributed by atoms with Crippen molar-refractivity contribution in [1.82, 2.24) is 0 Å². The number of hydrogen-bond donors (Lipinski definition) is 1. The lowest BCUT2D eigenvalue weighted by molar-refractivity contribution is 0.234. The number of benzene rings is 2. The molecule has 7 heteroatoms. The van der Waals surface area contributed by atoms with Crippen molar-refractivity contribution >= 4 is 15.5 Å². The quantitative estimate of drug-likeness (QED) is 0.918. The number of alkyl halides is 2. The van der Waals surface area contributed by atoms with Crippen molar-refractivity contribution < 1.29 is 17.2 Å². The van der Waals surface area contributed by atoms with Crippen LogP contribution in [-0.2, 0) is 16.4 Å². The van der Waals surface area contributed by atoms with E-state index in [1.54, 1.807) is 24.3 Å². The van der Waals surface area contributed by atoms with Gasteiger partial charge in [-0.2, -0.15) is 14.0 Å². The van der Waals surface area contributed by atoms with E-state index in [2.05, 4.69) is 5.32 Å². The van der Waals surface area contributed by atoms with E-state index in [1.807, 2.05) is 6.07 Å². The number of sulfone groups is 1. The standard InChI is InChI=1S/C15H12F2N2O2S/c16-15(17)22(20,21)14-7-5-13(6-8-14)19-10-12-3-1-11(9-18)2-4-12/h1-8,15,19H,10H2. The van der Waals surface area contributed by atoms with Crippen LogP contribution in [0.2, 0.25) is 0 Å². The van der Waals surface area contributed by atoms with E-state index in [0.29, 0.717) is 17.8 Å². The predicted octanol–water partition coefficient (Wildman–Crippen LogP) is 3.17. The molecule has 0 fully saturated rings. The number of anilines is 1. The van der Waals surface area contributed by atoms with Gasteiger partial charge in [0.05, 0.1) is 16.5 Å². The van der Waals surface area contributed by atoms with Crippen LogP contribution in [0.3, 0.4) is 0 Å². The minimum absolute atomic E-state index is 0.411. The SMILES string of the molecule is N#Cc1ccc(CNc2ccc(S(=O)(=O)C(F)F)cc2)cc1. The van der Waals surface area contributed by atoms with Crippen molar-refractivity contribution in [2.45, 2.75) is 17.2 Å². The van der Waals surface area contributed by atoms with Crippen LogP contribution in [0.4, 0.5) is 14.5 Å². The zero-order valence-corrected chi connectivity index (χ0v) is 12.1. The summed E-state index contributed by atoms with van der Waals surface area (Å²) in [6.45, 7) is 0.465. The smallest absolute Gasteiger partial charge is 0.341 e. The Bertz CT molecular complexity index is 780. The van der Waals surface area contributed by atoms with E-state index in [0.717, 1.165) is 17.7 Å². The van der Waals surface area contributed by atoms with Gasteiger partial charge in [0, 0.05) is 12.2 Å². The average Bonchev–Trinajstić information content (AvgIpc) is 2.53. The van der Waals surface area contributed by atoms with Crippen LogP contribution in [0.25, 0.3) is 0 Å². The summed E-state index contributed by atoms with van der Waals surface area (Å²) >= 11 is 0. The maximum absolute atomic E-state index is 12.4. The van der Waals surface area contributed by atoms with Gasteiger partial charge in [-0.15, -0.1) is 0 Å². The second-order valence-electron chi connectivity index (χ2n) is 4.49. The molecule has 1 N–H and O–H groups in total. The highest BCUT2D eigenvalue weighted by molar-refractivity contribution is 7.91. The van der Waals surface area contributed by atoms with Crippen molar-refractivity contribution in [2.75, 3.05) is 5.32 Å². The molecule has 2 aromatic carbocycles. The molecule has 22 heavy (non-hydrogen) atoms. The lowest BCUT2D eigenvalue weighted by Gasteiger charge is -2.08.